The van der Waals surface area contributed by atoms with Gasteiger partial charge < -0.3 is 9.47 Å². The van der Waals surface area contributed by atoms with E-state index in [1.807, 2.05) is 51.1 Å². The first-order valence-electron chi connectivity index (χ1n) is 9.30. The summed E-state index contributed by atoms with van der Waals surface area (Å²) in [6.45, 7) is 14.6. The Morgan fingerprint density at radius 1 is 1.20 bits per heavy atom. The number of benzene rings is 1. The summed E-state index contributed by atoms with van der Waals surface area (Å²) in [7, 11) is 0. The van der Waals surface area contributed by atoms with Crippen LogP contribution in [0.4, 0.5) is 0 Å². The number of rotatable bonds is 6. The number of hydrogen-bond donors (Lipinski definition) is 0. The van der Waals surface area contributed by atoms with E-state index >= 15 is 0 Å². The van der Waals surface area contributed by atoms with Crippen LogP contribution in [0.15, 0.2) is 79.4 Å². The maximum atomic E-state index is 12.1. The number of pyridine rings is 1. The molecule has 0 N–H and O–H groups in total. The Hall–Kier alpha value is -3.91. The topological polar surface area (TPSA) is 72.2 Å². The Morgan fingerprint density at radius 3 is 2.50 bits per heavy atom. The number of esters is 1. The van der Waals surface area contributed by atoms with Crippen molar-refractivity contribution in [1.29, 1.82) is 5.26 Å². The highest BCUT2D eigenvalue weighted by molar-refractivity contribution is 5.89. The number of nitrogens with zero attached hydrogens (tertiary/aromatic N) is 2. The van der Waals surface area contributed by atoms with Crippen molar-refractivity contribution in [1.82, 2.24) is 4.98 Å². The zero-order valence-electron chi connectivity index (χ0n) is 17.8. The molecule has 0 saturated heterocycles. The number of aryl methyl sites for hydroxylation is 1. The zero-order chi connectivity index (χ0) is 22.5. The van der Waals surface area contributed by atoms with Crippen LogP contribution in [0.1, 0.15) is 37.5 Å². The van der Waals surface area contributed by atoms with Crippen LogP contribution in [0.25, 0.3) is 5.76 Å². The van der Waals surface area contributed by atoms with Crippen molar-refractivity contribution in [2.24, 2.45) is 0 Å². The third kappa shape index (κ3) is 7.61. The fourth-order valence-corrected chi connectivity index (χ4v) is 2.12. The lowest BCUT2D eigenvalue weighted by Crippen LogP contribution is -2.10. The van der Waals surface area contributed by atoms with Crippen LogP contribution >= 0.6 is 0 Å². The molecule has 2 rings (SSSR count). The summed E-state index contributed by atoms with van der Waals surface area (Å²) in [5.41, 5.74) is 2.46. The van der Waals surface area contributed by atoms with Gasteiger partial charge in [0.15, 0.2) is 0 Å². The fourth-order valence-electron chi connectivity index (χ4n) is 2.12. The summed E-state index contributed by atoms with van der Waals surface area (Å²) < 4.78 is 10.9. The van der Waals surface area contributed by atoms with Crippen LogP contribution in [-0.4, -0.2) is 11.0 Å². The van der Waals surface area contributed by atoms with E-state index in [2.05, 4.69) is 18.1 Å². The number of aromatic nitrogens is 1. The minimum Gasteiger partial charge on any atom is -0.438 e. The van der Waals surface area contributed by atoms with Gasteiger partial charge in [-0.15, -0.1) is 6.58 Å². The molecule has 0 unspecified atom stereocenters. The number of allylic oxidation sites excluding steroid dienone is 4. The molecule has 0 atom stereocenters. The van der Waals surface area contributed by atoms with Gasteiger partial charge in [-0.25, -0.2) is 4.79 Å². The number of hydrogen-bond acceptors (Lipinski definition) is 5. The Bertz CT molecular complexity index is 1010. The summed E-state index contributed by atoms with van der Waals surface area (Å²) in [5, 5.41) is 9.28. The lowest BCUT2D eigenvalue weighted by molar-refractivity contribution is -0.130. The molecule has 1 aromatic carbocycles. The summed E-state index contributed by atoms with van der Waals surface area (Å²) in [6.07, 6.45) is 6.94. The third-order valence-electron chi connectivity index (χ3n) is 3.57. The molecule has 154 valence electrons. The SMILES string of the molecule is C=C(Oc1nc(OC(=O)/C(C)=C/C=C\C)ccc1C#N)c1cccc(C)c1.C=CC. The first-order chi connectivity index (χ1) is 14.4. The number of carbonyl (C=O) groups is 1. The van der Waals surface area contributed by atoms with E-state index in [1.54, 1.807) is 31.2 Å². The first kappa shape index (κ1) is 24.1. The highest BCUT2D eigenvalue weighted by Crippen LogP contribution is 2.25. The summed E-state index contributed by atoms with van der Waals surface area (Å²) in [5.74, 6) is -0.118. The van der Waals surface area contributed by atoms with Crippen LogP contribution in [-0.2, 0) is 4.79 Å². The number of ether oxygens (including phenoxy) is 2. The van der Waals surface area contributed by atoms with E-state index < -0.39 is 5.97 Å². The van der Waals surface area contributed by atoms with Crippen molar-refractivity contribution in [3.05, 3.63) is 96.1 Å². The first-order valence-corrected chi connectivity index (χ1v) is 9.30. The molecule has 0 bridgehead atoms. The number of carbonyl (C=O) groups excluding carboxylic acids is 1. The standard InChI is InChI=1S/C22H20N2O3.C3H6/c1-5-6-9-16(3)22(25)27-20-12-11-19(14-23)21(24-20)26-17(4)18-10-7-8-15(2)13-18;1-3-2/h5-13H,4H2,1-3H3;3H,1H2,2H3/b6-5-,16-9+;. The molecule has 0 saturated carbocycles. The van der Waals surface area contributed by atoms with Crippen molar-refractivity contribution in [3.63, 3.8) is 0 Å². The maximum absolute atomic E-state index is 12.1. The van der Waals surface area contributed by atoms with Gasteiger partial charge in [-0.1, -0.05) is 54.6 Å². The van der Waals surface area contributed by atoms with E-state index in [9.17, 15) is 10.1 Å². The van der Waals surface area contributed by atoms with Crippen LogP contribution in [0.3, 0.4) is 0 Å². The van der Waals surface area contributed by atoms with Gasteiger partial charge in [-0.05, 0) is 39.8 Å². The van der Waals surface area contributed by atoms with Crippen LogP contribution in [0, 0.1) is 18.3 Å². The lowest BCUT2D eigenvalue weighted by atomic mass is 10.1. The molecule has 30 heavy (non-hydrogen) atoms. The highest BCUT2D eigenvalue weighted by Gasteiger charge is 2.14. The van der Waals surface area contributed by atoms with E-state index in [0.717, 1.165) is 11.1 Å². The molecular weight excluding hydrogens is 376 g/mol. The van der Waals surface area contributed by atoms with Crippen LogP contribution in [0.2, 0.25) is 0 Å². The minimum absolute atomic E-state index is 0.0318. The van der Waals surface area contributed by atoms with Crippen LogP contribution < -0.4 is 9.47 Å². The average Bonchev–Trinajstić information content (AvgIpc) is 2.72. The normalized spacial score (nSPS) is 10.4. The Kier molecular flexibility index (Phi) is 10.1. The molecule has 0 spiro atoms. The zero-order valence-corrected chi connectivity index (χ0v) is 17.8. The Labute approximate surface area is 178 Å². The second kappa shape index (κ2) is 12.5. The summed E-state index contributed by atoms with van der Waals surface area (Å²) >= 11 is 0. The van der Waals surface area contributed by atoms with E-state index in [4.69, 9.17) is 9.47 Å². The molecule has 5 heteroatoms. The predicted octanol–water partition coefficient (Wildman–Crippen LogP) is 5.93. The summed E-state index contributed by atoms with van der Waals surface area (Å²) in [6, 6.07) is 12.5. The van der Waals surface area contributed by atoms with Crippen molar-refractivity contribution in [2.75, 3.05) is 0 Å². The lowest BCUT2D eigenvalue weighted by Gasteiger charge is -2.11. The Balaban J connectivity index is 0.00000141. The minimum atomic E-state index is -0.534. The van der Waals surface area contributed by atoms with Crippen molar-refractivity contribution >= 4 is 11.7 Å². The highest BCUT2D eigenvalue weighted by atomic mass is 16.5. The molecule has 0 amide bonds. The van der Waals surface area contributed by atoms with Gasteiger partial charge in [0.25, 0.3) is 0 Å². The molecule has 0 aliphatic rings. The molecule has 0 aliphatic carbocycles. The molecule has 5 nitrogen and oxygen atoms in total. The molecule has 1 aromatic heterocycles. The predicted molar refractivity (Wildman–Crippen MR) is 120 cm³/mol. The Morgan fingerprint density at radius 2 is 1.90 bits per heavy atom. The van der Waals surface area contributed by atoms with Gasteiger partial charge in [0.05, 0.1) is 0 Å². The van der Waals surface area contributed by atoms with E-state index in [0.29, 0.717) is 11.3 Å². The van der Waals surface area contributed by atoms with Crippen molar-refractivity contribution in [3.8, 4) is 17.8 Å². The summed E-state index contributed by atoms with van der Waals surface area (Å²) in [4.78, 5) is 16.2. The third-order valence-corrected chi connectivity index (χ3v) is 3.57. The molecule has 0 aliphatic heterocycles. The van der Waals surface area contributed by atoms with E-state index in [-0.39, 0.29) is 17.3 Å². The fraction of sp³-hybridized carbons (Fsp3) is 0.160. The monoisotopic (exact) mass is 402 g/mol. The van der Waals surface area contributed by atoms with Crippen molar-refractivity contribution in [2.45, 2.75) is 27.7 Å². The second-order valence-corrected chi connectivity index (χ2v) is 6.18. The second-order valence-electron chi connectivity index (χ2n) is 6.18. The molecule has 0 fully saturated rings. The van der Waals surface area contributed by atoms with Crippen LogP contribution in [0.5, 0.6) is 11.8 Å². The molecular formula is C25H26N2O3. The maximum Gasteiger partial charge on any atom is 0.340 e. The van der Waals surface area contributed by atoms with Gasteiger partial charge in [-0.3, -0.25) is 0 Å². The largest absolute Gasteiger partial charge is 0.438 e. The average molecular weight is 402 g/mol. The van der Waals surface area contributed by atoms with Gasteiger partial charge >= 0.3 is 5.97 Å². The van der Waals surface area contributed by atoms with E-state index in [1.165, 1.54) is 12.1 Å². The number of nitriles is 1. The molecule has 0 radical (unpaired) electrons. The molecule has 2 aromatic rings. The van der Waals surface area contributed by atoms with Gasteiger partial charge in [0.2, 0.25) is 11.8 Å². The quantitative estimate of drug-likeness (QED) is 0.197. The van der Waals surface area contributed by atoms with Crippen molar-refractivity contribution < 1.29 is 14.3 Å². The smallest absolute Gasteiger partial charge is 0.340 e. The van der Waals surface area contributed by atoms with Gasteiger partial charge in [0.1, 0.15) is 17.4 Å². The van der Waals surface area contributed by atoms with Gasteiger partial charge in [0, 0.05) is 17.2 Å². The van der Waals surface area contributed by atoms with Gasteiger partial charge in [-0.2, -0.15) is 10.2 Å². The molecule has 1 heterocycles.